The number of phenolic OH excluding ortho intramolecular Hbond substituents is 1. The van der Waals surface area contributed by atoms with Crippen LogP contribution in [0.2, 0.25) is 0 Å². The van der Waals surface area contributed by atoms with E-state index in [0.29, 0.717) is 31.6 Å². The van der Waals surface area contributed by atoms with E-state index in [-0.39, 0.29) is 5.41 Å². The Kier molecular flexibility index (Phi) is 10.2. The highest BCUT2D eigenvalue weighted by Gasteiger charge is 2.21. The van der Waals surface area contributed by atoms with Crippen molar-refractivity contribution in [3.05, 3.63) is 29.3 Å². The molecule has 27 heavy (non-hydrogen) atoms. The van der Waals surface area contributed by atoms with Crippen molar-refractivity contribution in [2.75, 3.05) is 13.7 Å². The number of phenols is 1. The van der Waals surface area contributed by atoms with Crippen molar-refractivity contribution >= 4 is 6.09 Å². The van der Waals surface area contributed by atoms with Crippen LogP contribution in [0.25, 0.3) is 0 Å². The molecule has 1 rings (SSSR count). The van der Waals surface area contributed by atoms with Crippen molar-refractivity contribution < 1.29 is 19.7 Å². The zero-order valence-electron chi connectivity index (χ0n) is 17.4. The van der Waals surface area contributed by atoms with Crippen molar-refractivity contribution in [1.29, 1.82) is 0 Å². The first-order chi connectivity index (χ1) is 12.8. The molecule has 1 atom stereocenters. The van der Waals surface area contributed by atoms with Crippen LogP contribution in [0.1, 0.15) is 76.8 Å². The Labute approximate surface area is 164 Å². The van der Waals surface area contributed by atoms with E-state index < -0.39 is 12.2 Å². The van der Waals surface area contributed by atoms with Crippen LogP contribution >= 0.6 is 0 Å². The van der Waals surface area contributed by atoms with Crippen LogP contribution in [-0.2, 0) is 16.6 Å². The lowest BCUT2D eigenvalue weighted by Crippen LogP contribution is -2.27. The first-order valence-corrected chi connectivity index (χ1v) is 10.1. The lowest BCUT2D eigenvalue weighted by Gasteiger charge is -2.26. The minimum Gasteiger partial charge on any atom is -0.508 e. The van der Waals surface area contributed by atoms with Gasteiger partial charge in [0.2, 0.25) is 0 Å². The number of unbranched alkanes of at least 4 members (excludes halogenated alkanes) is 3. The van der Waals surface area contributed by atoms with Crippen LogP contribution in [0.4, 0.5) is 4.79 Å². The molecule has 0 heterocycles. The maximum absolute atomic E-state index is 11.0. The zero-order chi connectivity index (χ0) is 20.3. The van der Waals surface area contributed by atoms with Gasteiger partial charge in [0.15, 0.2) is 0 Å². The molecule has 0 spiro atoms. The van der Waals surface area contributed by atoms with Crippen LogP contribution < -0.4 is 5.32 Å². The first kappa shape index (κ1) is 23.3. The molecule has 3 N–H and O–H groups in total. The van der Waals surface area contributed by atoms with E-state index in [1.807, 2.05) is 12.1 Å². The summed E-state index contributed by atoms with van der Waals surface area (Å²) in [6, 6.07) is 5.94. The molecule has 0 saturated heterocycles. The Morgan fingerprint density at radius 3 is 2.59 bits per heavy atom. The van der Waals surface area contributed by atoms with Crippen molar-refractivity contribution in [3.8, 4) is 5.75 Å². The van der Waals surface area contributed by atoms with E-state index in [9.17, 15) is 15.0 Å². The van der Waals surface area contributed by atoms with Gasteiger partial charge in [0.25, 0.3) is 0 Å². The summed E-state index contributed by atoms with van der Waals surface area (Å²) in [4.78, 5) is 11.0. The van der Waals surface area contributed by atoms with Crippen molar-refractivity contribution in [2.24, 2.45) is 0 Å². The van der Waals surface area contributed by atoms with Gasteiger partial charge in [-0.25, -0.2) is 4.79 Å². The molecule has 1 unspecified atom stereocenters. The Balaban J connectivity index is 2.51. The summed E-state index contributed by atoms with van der Waals surface area (Å²) in [6.45, 7) is 7.04. The van der Waals surface area contributed by atoms with Crippen LogP contribution in [0.3, 0.4) is 0 Å². The molecular weight excluding hydrogens is 342 g/mol. The third-order valence-electron chi connectivity index (χ3n) is 5.20. The van der Waals surface area contributed by atoms with E-state index in [0.717, 1.165) is 17.5 Å². The molecule has 0 fully saturated rings. The summed E-state index contributed by atoms with van der Waals surface area (Å²) in [5, 5.41) is 23.0. The van der Waals surface area contributed by atoms with Gasteiger partial charge in [-0.1, -0.05) is 58.6 Å². The van der Waals surface area contributed by atoms with E-state index in [1.165, 1.54) is 32.8 Å². The fourth-order valence-corrected chi connectivity index (χ4v) is 3.21. The standard InChI is InChI=1S/C22H37NO4/c1-5-6-7-8-14-22(2,3)18-11-9-17(20(25)16-18)10-12-19(24)13-15-23-21(26)27-4/h9,11,16,19,24-25H,5-8,10,12-15H2,1-4H3,(H,23,26). The fourth-order valence-electron chi connectivity index (χ4n) is 3.21. The third kappa shape index (κ3) is 8.65. The molecule has 0 aliphatic heterocycles. The molecular formula is C22H37NO4. The predicted molar refractivity (Wildman–Crippen MR) is 109 cm³/mol. The van der Waals surface area contributed by atoms with E-state index in [1.54, 1.807) is 0 Å². The van der Waals surface area contributed by atoms with Crippen LogP contribution in [-0.4, -0.2) is 36.1 Å². The van der Waals surface area contributed by atoms with Gasteiger partial charge < -0.3 is 20.3 Å². The molecule has 1 aromatic carbocycles. The first-order valence-electron chi connectivity index (χ1n) is 10.1. The highest BCUT2D eigenvalue weighted by molar-refractivity contribution is 5.66. The van der Waals surface area contributed by atoms with Gasteiger partial charge in [0.05, 0.1) is 13.2 Å². The molecule has 5 nitrogen and oxygen atoms in total. The van der Waals surface area contributed by atoms with Crippen molar-refractivity contribution in [2.45, 2.75) is 83.7 Å². The topological polar surface area (TPSA) is 78.8 Å². The number of rotatable bonds is 12. The SMILES string of the molecule is CCCCCCC(C)(C)c1ccc(CCC(O)CCNC(=O)OC)c(O)c1. The second-order valence-corrected chi connectivity index (χ2v) is 7.94. The number of aromatic hydroxyl groups is 1. The minimum absolute atomic E-state index is 0.0445. The summed E-state index contributed by atoms with van der Waals surface area (Å²) in [5.74, 6) is 0.300. The average molecular weight is 380 g/mol. The smallest absolute Gasteiger partial charge is 0.406 e. The summed E-state index contributed by atoms with van der Waals surface area (Å²) in [5.41, 5.74) is 2.05. The second-order valence-electron chi connectivity index (χ2n) is 7.94. The molecule has 0 aliphatic carbocycles. The van der Waals surface area contributed by atoms with Crippen LogP contribution in [0.15, 0.2) is 18.2 Å². The highest BCUT2D eigenvalue weighted by Crippen LogP contribution is 2.33. The number of hydrogen-bond acceptors (Lipinski definition) is 4. The van der Waals surface area contributed by atoms with Crippen LogP contribution in [0, 0.1) is 0 Å². The summed E-state index contributed by atoms with van der Waals surface area (Å²) >= 11 is 0. The van der Waals surface area contributed by atoms with Gasteiger partial charge in [0, 0.05) is 6.54 Å². The molecule has 0 aliphatic rings. The second kappa shape index (κ2) is 11.9. The average Bonchev–Trinajstić information content (AvgIpc) is 2.64. The van der Waals surface area contributed by atoms with E-state index in [4.69, 9.17) is 0 Å². The maximum Gasteiger partial charge on any atom is 0.406 e. The van der Waals surface area contributed by atoms with Gasteiger partial charge in [-0.15, -0.1) is 0 Å². The van der Waals surface area contributed by atoms with Gasteiger partial charge >= 0.3 is 6.09 Å². The van der Waals surface area contributed by atoms with Gasteiger partial charge in [-0.2, -0.15) is 0 Å². The Bertz CT molecular complexity index is 571. The quantitative estimate of drug-likeness (QED) is 0.461. The van der Waals surface area contributed by atoms with Crippen molar-refractivity contribution in [1.82, 2.24) is 5.32 Å². The number of carbonyl (C=O) groups is 1. The fraction of sp³-hybridized carbons (Fsp3) is 0.682. The van der Waals surface area contributed by atoms with Crippen LogP contribution in [0.5, 0.6) is 5.75 Å². The number of aryl methyl sites for hydroxylation is 1. The van der Waals surface area contributed by atoms with E-state index >= 15 is 0 Å². The number of aliphatic hydroxyl groups is 1. The summed E-state index contributed by atoms with van der Waals surface area (Å²) in [6.07, 6.45) is 6.65. The zero-order valence-corrected chi connectivity index (χ0v) is 17.4. The van der Waals surface area contributed by atoms with E-state index in [2.05, 4.69) is 36.9 Å². The number of ether oxygens (including phenoxy) is 1. The molecule has 154 valence electrons. The largest absolute Gasteiger partial charge is 0.508 e. The number of nitrogens with one attached hydrogen (secondary N) is 1. The summed E-state index contributed by atoms with van der Waals surface area (Å²) < 4.78 is 4.49. The number of aliphatic hydroxyl groups excluding tert-OH is 1. The molecule has 0 aromatic heterocycles. The predicted octanol–water partition coefficient (Wildman–Crippen LogP) is 4.68. The number of alkyl carbamates (subject to hydrolysis) is 1. The van der Waals surface area contributed by atoms with Gasteiger partial charge in [0.1, 0.15) is 5.75 Å². The monoisotopic (exact) mass is 379 g/mol. The number of methoxy groups -OCH3 is 1. The molecule has 0 saturated carbocycles. The number of hydrogen-bond donors (Lipinski definition) is 3. The molecule has 1 aromatic rings. The lowest BCUT2D eigenvalue weighted by molar-refractivity contribution is 0.147. The van der Waals surface area contributed by atoms with Gasteiger partial charge in [-0.05, 0) is 48.3 Å². The molecule has 1 amide bonds. The highest BCUT2D eigenvalue weighted by atomic mass is 16.5. The molecule has 0 bridgehead atoms. The Morgan fingerprint density at radius 1 is 1.22 bits per heavy atom. The normalized spacial score (nSPS) is 12.6. The minimum atomic E-state index is -0.531. The number of benzene rings is 1. The molecule has 5 heteroatoms. The lowest BCUT2D eigenvalue weighted by atomic mass is 9.79. The number of carbonyl (C=O) groups excluding carboxylic acids is 1. The van der Waals surface area contributed by atoms with Gasteiger partial charge in [-0.3, -0.25) is 0 Å². The number of amides is 1. The Morgan fingerprint density at radius 2 is 1.96 bits per heavy atom. The van der Waals surface area contributed by atoms with Crippen molar-refractivity contribution in [3.63, 3.8) is 0 Å². The molecule has 0 radical (unpaired) electrons. The maximum atomic E-state index is 11.0. The summed E-state index contributed by atoms with van der Waals surface area (Å²) in [7, 11) is 1.31. The Hall–Kier alpha value is -1.75. The third-order valence-corrected chi connectivity index (χ3v) is 5.20.